The van der Waals surface area contributed by atoms with Gasteiger partial charge in [-0.25, -0.2) is 4.79 Å². The summed E-state index contributed by atoms with van der Waals surface area (Å²) in [6, 6.07) is -0.973. The minimum Gasteiger partial charge on any atom is -0.310 e. The number of amides is 3. The molecule has 0 aromatic rings. The number of hydrogen-bond acceptors (Lipinski definition) is 4. The number of likely N-dealkylation sites (N-methyl/N-ethyl adjacent to an activating group) is 2. The molecule has 2 unspecified atom stereocenters. The van der Waals surface area contributed by atoms with E-state index in [1.807, 2.05) is 6.92 Å². The van der Waals surface area contributed by atoms with Crippen molar-refractivity contribution in [3.05, 3.63) is 0 Å². The largest absolute Gasteiger partial charge is 0.325 e. The third-order valence-electron chi connectivity index (χ3n) is 2.05. The van der Waals surface area contributed by atoms with Crippen LogP contribution in [-0.4, -0.2) is 42.6 Å². The Morgan fingerprint density at radius 2 is 2.23 bits per heavy atom. The maximum Gasteiger partial charge on any atom is 0.325 e. The van der Waals surface area contributed by atoms with Gasteiger partial charge in [0.1, 0.15) is 12.2 Å². The van der Waals surface area contributed by atoms with Crippen molar-refractivity contribution in [3.63, 3.8) is 0 Å². The predicted octanol–water partition coefficient (Wildman–Crippen LogP) is -1.57. The quantitative estimate of drug-likeness (QED) is 0.486. The Morgan fingerprint density at radius 3 is 2.77 bits per heavy atom. The Hall–Kier alpha value is -1.14. The highest BCUT2D eigenvalue weighted by Crippen LogP contribution is 2.03. The van der Waals surface area contributed by atoms with Crippen LogP contribution in [0.25, 0.3) is 0 Å². The standard InChI is InChI=1S/C7H14N4O2/c1-3-9-4-5(8)11(2)7(13)10-6(4)12/h4-5,9H,3,8H2,1-2H3,(H,10,12,13). The molecule has 74 valence electrons. The lowest BCUT2D eigenvalue weighted by Crippen LogP contribution is -2.68. The lowest BCUT2D eigenvalue weighted by molar-refractivity contribution is -0.125. The number of nitrogens with two attached hydrogens (primary N) is 1. The summed E-state index contributed by atoms with van der Waals surface area (Å²) >= 11 is 0. The van der Waals surface area contributed by atoms with E-state index in [0.29, 0.717) is 6.54 Å². The number of hydrogen-bond donors (Lipinski definition) is 3. The third kappa shape index (κ3) is 1.78. The van der Waals surface area contributed by atoms with E-state index in [1.54, 1.807) is 7.05 Å². The van der Waals surface area contributed by atoms with Gasteiger partial charge in [-0.2, -0.15) is 0 Å². The molecular weight excluding hydrogens is 172 g/mol. The fraction of sp³-hybridized carbons (Fsp3) is 0.714. The lowest BCUT2D eigenvalue weighted by atomic mass is 10.1. The first kappa shape index (κ1) is 9.94. The minimum absolute atomic E-state index is 0.363. The maximum absolute atomic E-state index is 11.2. The Kier molecular flexibility index (Phi) is 2.84. The zero-order chi connectivity index (χ0) is 10.0. The van der Waals surface area contributed by atoms with Crippen LogP contribution in [0.1, 0.15) is 6.92 Å². The third-order valence-corrected chi connectivity index (χ3v) is 2.05. The molecule has 1 aliphatic heterocycles. The van der Waals surface area contributed by atoms with Gasteiger partial charge >= 0.3 is 6.03 Å². The van der Waals surface area contributed by atoms with E-state index in [1.165, 1.54) is 4.90 Å². The first-order chi connectivity index (χ1) is 6.07. The van der Waals surface area contributed by atoms with E-state index < -0.39 is 18.2 Å². The van der Waals surface area contributed by atoms with Gasteiger partial charge in [0.05, 0.1) is 0 Å². The highest BCUT2D eigenvalue weighted by atomic mass is 16.2. The fourth-order valence-electron chi connectivity index (χ4n) is 1.22. The van der Waals surface area contributed by atoms with Crippen molar-refractivity contribution in [2.45, 2.75) is 19.1 Å². The summed E-state index contributed by atoms with van der Waals surface area (Å²) in [5, 5.41) is 5.10. The summed E-state index contributed by atoms with van der Waals surface area (Å²) in [6.07, 6.45) is -0.596. The van der Waals surface area contributed by atoms with Crippen molar-refractivity contribution < 1.29 is 9.59 Å². The van der Waals surface area contributed by atoms with Gasteiger partial charge in [0.15, 0.2) is 0 Å². The molecule has 1 aliphatic rings. The van der Waals surface area contributed by atoms with Gasteiger partial charge in [-0.05, 0) is 6.54 Å². The van der Waals surface area contributed by atoms with Gasteiger partial charge in [0, 0.05) is 7.05 Å². The zero-order valence-electron chi connectivity index (χ0n) is 7.70. The van der Waals surface area contributed by atoms with E-state index in [4.69, 9.17) is 5.73 Å². The maximum atomic E-state index is 11.2. The summed E-state index contributed by atoms with van der Waals surface area (Å²) in [7, 11) is 1.55. The second-order valence-electron chi connectivity index (χ2n) is 2.93. The molecule has 0 saturated carbocycles. The number of nitrogens with one attached hydrogen (secondary N) is 2. The van der Waals surface area contributed by atoms with Crippen molar-refractivity contribution in [2.24, 2.45) is 5.73 Å². The highest BCUT2D eigenvalue weighted by molar-refractivity contribution is 6.00. The van der Waals surface area contributed by atoms with Gasteiger partial charge in [-0.3, -0.25) is 10.1 Å². The van der Waals surface area contributed by atoms with Crippen LogP contribution in [-0.2, 0) is 4.79 Å². The van der Waals surface area contributed by atoms with Crippen molar-refractivity contribution in [1.82, 2.24) is 15.5 Å². The Morgan fingerprint density at radius 1 is 1.62 bits per heavy atom. The van der Waals surface area contributed by atoms with Crippen molar-refractivity contribution in [3.8, 4) is 0 Å². The number of nitrogens with zero attached hydrogens (tertiary/aromatic N) is 1. The van der Waals surface area contributed by atoms with Gasteiger partial charge in [-0.1, -0.05) is 6.92 Å². The van der Waals surface area contributed by atoms with Gasteiger partial charge < -0.3 is 16.0 Å². The smallest absolute Gasteiger partial charge is 0.310 e. The number of carbonyl (C=O) groups excluding carboxylic acids is 2. The molecule has 0 aromatic carbocycles. The van der Waals surface area contributed by atoms with E-state index in [2.05, 4.69) is 10.6 Å². The molecule has 6 nitrogen and oxygen atoms in total. The summed E-state index contributed by atoms with van der Waals surface area (Å²) in [5.74, 6) is -0.363. The second kappa shape index (κ2) is 3.71. The van der Waals surface area contributed by atoms with E-state index >= 15 is 0 Å². The molecule has 13 heavy (non-hydrogen) atoms. The molecule has 0 aromatic heterocycles. The number of imide groups is 1. The summed E-state index contributed by atoms with van der Waals surface area (Å²) in [5.41, 5.74) is 5.67. The molecule has 3 amide bonds. The normalized spacial score (nSPS) is 29.0. The van der Waals surface area contributed by atoms with Crippen LogP contribution in [0.2, 0.25) is 0 Å². The molecule has 0 spiro atoms. The predicted molar refractivity (Wildman–Crippen MR) is 46.7 cm³/mol. The van der Waals surface area contributed by atoms with Crippen LogP contribution < -0.4 is 16.4 Å². The molecule has 1 saturated heterocycles. The highest BCUT2D eigenvalue weighted by Gasteiger charge is 2.36. The Balaban J connectivity index is 2.73. The fourth-order valence-corrected chi connectivity index (χ4v) is 1.22. The monoisotopic (exact) mass is 186 g/mol. The average Bonchev–Trinajstić information content (AvgIpc) is 2.09. The molecule has 1 fully saturated rings. The summed E-state index contributed by atoms with van der Waals surface area (Å²) in [4.78, 5) is 23.6. The van der Waals surface area contributed by atoms with E-state index in [0.717, 1.165) is 0 Å². The molecular formula is C7H14N4O2. The molecule has 4 N–H and O–H groups in total. The van der Waals surface area contributed by atoms with Crippen LogP contribution in [0.15, 0.2) is 0 Å². The summed E-state index contributed by atoms with van der Waals surface area (Å²) < 4.78 is 0. The lowest BCUT2D eigenvalue weighted by Gasteiger charge is -2.35. The van der Waals surface area contributed by atoms with Crippen LogP contribution in [0.4, 0.5) is 4.79 Å². The van der Waals surface area contributed by atoms with E-state index in [9.17, 15) is 9.59 Å². The van der Waals surface area contributed by atoms with Gasteiger partial charge in [0.25, 0.3) is 0 Å². The van der Waals surface area contributed by atoms with Crippen molar-refractivity contribution >= 4 is 11.9 Å². The Bertz CT molecular complexity index is 231. The molecule has 2 atom stereocenters. The second-order valence-corrected chi connectivity index (χ2v) is 2.93. The topological polar surface area (TPSA) is 87.5 Å². The number of urea groups is 1. The first-order valence-corrected chi connectivity index (χ1v) is 4.14. The zero-order valence-corrected chi connectivity index (χ0v) is 7.70. The first-order valence-electron chi connectivity index (χ1n) is 4.14. The van der Waals surface area contributed by atoms with E-state index in [-0.39, 0.29) is 5.91 Å². The van der Waals surface area contributed by atoms with Crippen molar-refractivity contribution in [2.75, 3.05) is 13.6 Å². The van der Waals surface area contributed by atoms with Crippen LogP contribution >= 0.6 is 0 Å². The van der Waals surface area contributed by atoms with Crippen molar-refractivity contribution in [1.29, 1.82) is 0 Å². The van der Waals surface area contributed by atoms with Gasteiger partial charge in [0.2, 0.25) is 5.91 Å². The van der Waals surface area contributed by atoms with Crippen LogP contribution in [0.5, 0.6) is 0 Å². The van der Waals surface area contributed by atoms with Crippen LogP contribution in [0, 0.1) is 0 Å². The summed E-state index contributed by atoms with van der Waals surface area (Å²) in [6.45, 7) is 2.50. The SMILES string of the molecule is CCNC1C(=O)NC(=O)N(C)C1N. The molecule has 0 bridgehead atoms. The molecule has 1 heterocycles. The molecule has 1 rings (SSSR count). The molecule has 0 aliphatic carbocycles. The molecule has 0 radical (unpaired) electrons. The van der Waals surface area contributed by atoms with Crippen LogP contribution in [0.3, 0.4) is 0 Å². The Labute approximate surface area is 76.4 Å². The number of carbonyl (C=O) groups is 2. The number of rotatable bonds is 2. The average molecular weight is 186 g/mol. The molecule has 6 heteroatoms. The minimum atomic E-state index is -0.596. The van der Waals surface area contributed by atoms with Gasteiger partial charge in [-0.15, -0.1) is 0 Å².